The molecule has 2 N–H and O–H groups in total. The summed E-state index contributed by atoms with van der Waals surface area (Å²) in [7, 11) is 0. The van der Waals surface area contributed by atoms with Crippen LogP contribution < -0.4 is 9.47 Å². The zero-order valence-electron chi connectivity index (χ0n) is 12.6. The lowest BCUT2D eigenvalue weighted by Gasteiger charge is -2.40. The minimum atomic E-state index is -0.974. The molecule has 2 aliphatic rings. The highest BCUT2D eigenvalue weighted by Gasteiger charge is 2.36. The van der Waals surface area contributed by atoms with Gasteiger partial charge in [0.15, 0.2) is 11.5 Å². The number of likely N-dealkylation sites (tertiary alicyclic amines) is 1. The van der Waals surface area contributed by atoms with Crippen LogP contribution in [-0.2, 0) is 6.54 Å². The molecule has 0 saturated carbocycles. The smallest absolute Gasteiger partial charge is 0.161 e. The van der Waals surface area contributed by atoms with E-state index in [9.17, 15) is 10.2 Å². The summed E-state index contributed by atoms with van der Waals surface area (Å²) in [6.45, 7) is 6.95. The lowest BCUT2D eigenvalue weighted by Crippen LogP contribution is -2.53. The number of rotatable bonds is 2. The number of hydrogen-bond acceptors (Lipinski definition) is 5. The van der Waals surface area contributed by atoms with Crippen LogP contribution in [0.4, 0.5) is 0 Å². The summed E-state index contributed by atoms with van der Waals surface area (Å²) in [6, 6.07) is 4.04. The molecule has 0 spiro atoms. The van der Waals surface area contributed by atoms with E-state index < -0.39 is 11.7 Å². The molecule has 1 fully saturated rings. The summed E-state index contributed by atoms with van der Waals surface area (Å²) in [4.78, 5) is 2.17. The first-order valence-corrected chi connectivity index (χ1v) is 7.47. The summed E-state index contributed by atoms with van der Waals surface area (Å²) in [5, 5.41) is 20.0. The van der Waals surface area contributed by atoms with E-state index in [1.165, 1.54) is 5.56 Å². The number of hydrogen-bond donors (Lipinski definition) is 2. The fourth-order valence-electron chi connectivity index (χ4n) is 2.87. The highest BCUT2D eigenvalue weighted by atomic mass is 16.6. The Hall–Kier alpha value is -1.30. The molecule has 0 amide bonds. The monoisotopic (exact) mass is 293 g/mol. The molecule has 0 aromatic heterocycles. The predicted octanol–water partition coefficient (Wildman–Crippen LogP) is 1.08. The van der Waals surface area contributed by atoms with Gasteiger partial charge in [0, 0.05) is 19.6 Å². The van der Waals surface area contributed by atoms with Crippen molar-refractivity contribution in [3.63, 3.8) is 0 Å². The molecule has 0 bridgehead atoms. The Balaban J connectivity index is 1.73. The molecule has 116 valence electrons. The standard InChI is InChI=1S/C16H23NO4/c1-11-7-13-14(21-6-5-20-13)8-12(11)9-17-4-3-16(2,19)15(18)10-17/h7-8,15,18-19H,3-6,9-10H2,1-2H3/t15-,16-/m0/s1. The molecule has 21 heavy (non-hydrogen) atoms. The summed E-state index contributed by atoms with van der Waals surface area (Å²) in [5.41, 5.74) is 1.36. The third kappa shape index (κ3) is 3.00. The van der Waals surface area contributed by atoms with Gasteiger partial charge in [-0.15, -0.1) is 0 Å². The Morgan fingerprint density at radius 2 is 1.95 bits per heavy atom. The Kier molecular flexibility index (Phi) is 3.82. The van der Waals surface area contributed by atoms with E-state index in [2.05, 4.69) is 11.8 Å². The molecular formula is C16H23NO4. The van der Waals surface area contributed by atoms with Crippen LogP contribution in [0.1, 0.15) is 24.5 Å². The maximum absolute atomic E-state index is 10.0. The number of ether oxygens (including phenoxy) is 2. The highest BCUT2D eigenvalue weighted by molar-refractivity contribution is 5.47. The minimum Gasteiger partial charge on any atom is -0.486 e. The lowest BCUT2D eigenvalue weighted by atomic mass is 9.90. The highest BCUT2D eigenvalue weighted by Crippen LogP contribution is 2.34. The fourth-order valence-corrected chi connectivity index (χ4v) is 2.87. The van der Waals surface area contributed by atoms with Gasteiger partial charge in [0.25, 0.3) is 0 Å². The van der Waals surface area contributed by atoms with Crippen LogP contribution in [-0.4, -0.2) is 53.1 Å². The molecule has 1 aromatic carbocycles. The summed E-state index contributed by atoms with van der Waals surface area (Å²) >= 11 is 0. The van der Waals surface area contributed by atoms with E-state index in [4.69, 9.17) is 9.47 Å². The SMILES string of the molecule is Cc1cc2c(cc1CN1CC[C@](C)(O)[C@@H](O)C1)OCCO2. The molecule has 2 aliphatic heterocycles. The molecule has 0 radical (unpaired) electrons. The number of β-amino-alcohol motifs (C(OH)–C–C–N with tert-alkyl or cyclic N) is 1. The number of aliphatic hydroxyl groups is 2. The van der Waals surface area contributed by atoms with Crippen molar-refractivity contribution in [1.29, 1.82) is 0 Å². The third-order valence-corrected chi connectivity index (χ3v) is 4.48. The largest absolute Gasteiger partial charge is 0.486 e. The van der Waals surface area contributed by atoms with E-state index in [1.54, 1.807) is 6.92 Å². The van der Waals surface area contributed by atoms with Gasteiger partial charge in [0.1, 0.15) is 13.2 Å². The second-order valence-electron chi connectivity index (χ2n) is 6.28. The van der Waals surface area contributed by atoms with Gasteiger partial charge in [-0.2, -0.15) is 0 Å². The Bertz CT molecular complexity index is 529. The van der Waals surface area contributed by atoms with Gasteiger partial charge in [-0.25, -0.2) is 0 Å². The van der Waals surface area contributed by atoms with Crippen molar-refractivity contribution < 1.29 is 19.7 Å². The molecule has 2 heterocycles. The molecule has 0 aliphatic carbocycles. The molecule has 0 unspecified atom stereocenters. The Morgan fingerprint density at radius 1 is 1.29 bits per heavy atom. The topological polar surface area (TPSA) is 62.2 Å². The first-order valence-electron chi connectivity index (χ1n) is 7.47. The van der Waals surface area contributed by atoms with Crippen LogP contribution in [0.15, 0.2) is 12.1 Å². The van der Waals surface area contributed by atoms with Crippen molar-refractivity contribution in [2.24, 2.45) is 0 Å². The summed E-state index contributed by atoms with van der Waals surface area (Å²) in [5.74, 6) is 1.61. The predicted molar refractivity (Wildman–Crippen MR) is 78.7 cm³/mol. The van der Waals surface area contributed by atoms with Crippen molar-refractivity contribution in [3.05, 3.63) is 23.3 Å². The number of nitrogens with zero attached hydrogens (tertiary/aromatic N) is 1. The average molecular weight is 293 g/mol. The van der Waals surface area contributed by atoms with E-state index in [0.717, 1.165) is 30.2 Å². The first-order chi connectivity index (χ1) is 9.95. The van der Waals surface area contributed by atoms with Crippen LogP contribution >= 0.6 is 0 Å². The van der Waals surface area contributed by atoms with Crippen LogP contribution in [0.5, 0.6) is 11.5 Å². The van der Waals surface area contributed by atoms with Gasteiger partial charge in [-0.1, -0.05) is 0 Å². The van der Waals surface area contributed by atoms with Gasteiger partial charge in [-0.3, -0.25) is 4.90 Å². The molecular weight excluding hydrogens is 270 g/mol. The Labute approximate surface area is 125 Å². The molecule has 5 nitrogen and oxygen atoms in total. The molecule has 1 aromatic rings. The quantitative estimate of drug-likeness (QED) is 0.854. The van der Waals surface area contributed by atoms with Gasteiger partial charge >= 0.3 is 0 Å². The zero-order valence-corrected chi connectivity index (χ0v) is 12.6. The summed E-state index contributed by atoms with van der Waals surface area (Å²) < 4.78 is 11.2. The normalized spacial score (nSPS) is 29.4. The van der Waals surface area contributed by atoms with Crippen molar-refractivity contribution in [2.45, 2.75) is 38.5 Å². The second kappa shape index (κ2) is 5.48. The number of piperidine rings is 1. The lowest BCUT2D eigenvalue weighted by molar-refractivity contribution is -0.108. The van der Waals surface area contributed by atoms with E-state index in [-0.39, 0.29) is 0 Å². The number of benzene rings is 1. The van der Waals surface area contributed by atoms with Crippen molar-refractivity contribution in [1.82, 2.24) is 4.90 Å². The van der Waals surface area contributed by atoms with Gasteiger partial charge in [-0.05, 0) is 43.5 Å². The van der Waals surface area contributed by atoms with E-state index in [1.807, 2.05) is 12.1 Å². The van der Waals surface area contributed by atoms with Crippen LogP contribution in [0.25, 0.3) is 0 Å². The third-order valence-electron chi connectivity index (χ3n) is 4.48. The fraction of sp³-hybridized carbons (Fsp3) is 0.625. The number of aryl methyl sites for hydroxylation is 1. The van der Waals surface area contributed by atoms with Gasteiger partial charge in [0.05, 0.1) is 11.7 Å². The van der Waals surface area contributed by atoms with E-state index in [0.29, 0.717) is 26.2 Å². The van der Waals surface area contributed by atoms with Gasteiger partial charge < -0.3 is 19.7 Å². The molecule has 5 heteroatoms. The zero-order chi connectivity index (χ0) is 15.0. The van der Waals surface area contributed by atoms with Crippen molar-refractivity contribution >= 4 is 0 Å². The van der Waals surface area contributed by atoms with Gasteiger partial charge in [0.2, 0.25) is 0 Å². The second-order valence-corrected chi connectivity index (χ2v) is 6.28. The number of fused-ring (bicyclic) bond motifs is 1. The molecule has 3 rings (SSSR count). The van der Waals surface area contributed by atoms with Crippen molar-refractivity contribution in [2.75, 3.05) is 26.3 Å². The van der Waals surface area contributed by atoms with E-state index >= 15 is 0 Å². The van der Waals surface area contributed by atoms with Crippen LogP contribution in [0.2, 0.25) is 0 Å². The average Bonchev–Trinajstić information content (AvgIpc) is 2.44. The molecule has 1 saturated heterocycles. The summed E-state index contributed by atoms with van der Waals surface area (Å²) in [6.07, 6.45) is -0.124. The minimum absolute atomic E-state index is 0.487. The first kappa shape index (κ1) is 14.6. The van der Waals surface area contributed by atoms with Crippen LogP contribution in [0, 0.1) is 6.92 Å². The molecule has 2 atom stereocenters. The Morgan fingerprint density at radius 3 is 2.62 bits per heavy atom. The number of aliphatic hydroxyl groups excluding tert-OH is 1. The maximum atomic E-state index is 10.0. The maximum Gasteiger partial charge on any atom is 0.161 e. The van der Waals surface area contributed by atoms with Crippen molar-refractivity contribution in [3.8, 4) is 11.5 Å². The van der Waals surface area contributed by atoms with Crippen LogP contribution in [0.3, 0.4) is 0 Å².